The molecule has 6 heteroatoms. The fourth-order valence-corrected chi connectivity index (χ4v) is 3.05. The van der Waals surface area contributed by atoms with Gasteiger partial charge < -0.3 is 24.8 Å². The number of carbonyl (C=O) groups is 1. The second-order valence-corrected chi connectivity index (χ2v) is 8.36. The number of piperidine rings is 1. The minimum Gasteiger partial charge on any atom is -0.493 e. The van der Waals surface area contributed by atoms with Crippen LogP contribution in [0.3, 0.4) is 0 Å². The molecule has 2 rings (SSSR count). The third-order valence-electron chi connectivity index (χ3n) is 4.65. The molecule has 152 valence electrons. The van der Waals surface area contributed by atoms with E-state index in [4.69, 9.17) is 9.47 Å². The fourth-order valence-electron chi connectivity index (χ4n) is 3.05. The number of ether oxygens (including phenoxy) is 2. The minimum atomic E-state index is -0.660. The quantitative estimate of drug-likeness (QED) is 0.761. The van der Waals surface area contributed by atoms with E-state index in [9.17, 15) is 9.90 Å². The van der Waals surface area contributed by atoms with Crippen LogP contribution in [0.5, 0.6) is 5.75 Å². The third kappa shape index (κ3) is 8.18. The lowest BCUT2D eigenvalue weighted by Crippen LogP contribution is -2.33. The van der Waals surface area contributed by atoms with Gasteiger partial charge >= 0.3 is 6.09 Å². The molecule has 0 aliphatic carbocycles. The highest BCUT2D eigenvalue weighted by Gasteiger charge is 2.18. The van der Waals surface area contributed by atoms with E-state index in [1.165, 1.54) is 0 Å². The standard InChI is InChI=1S/C21H34N2O4/c1-21(2,3)27-20(25)22-11-8-19(24)17-6-5-7-18(14-17)26-15-16-9-12-23(4)13-10-16/h5-7,14,16,19,24H,8-13,15H2,1-4H3,(H,22,25)/t19-/m1/s1. The van der Waals surface area contributed by atoms with Crippen LogP contribution in [0.15, 0.2) is 24.3 Å². The van der Waals surface area contributed by atoms with Crippen molar-refractivity contribution in [1.29, 1.82) is 0 Å². The number of aliphatic hydroxyl groups excluding tert-OH is 1. The summed E-state index contributed by atoms with van der Waals surface area (Å²) in [5, 5.41) is 13.1. The predicted octanol–water partition coefficient (Wildman–Crippen LogP) is 3.36. The van der Waals surface area contributed by atoms with Gasteiger partial charge in [0.1, 0.15) is 11.4 Å². The number of aliphatic hydroxyl groups is 1. The number of hydrogen-bond donors (Lipinski definition) is 2. The normalized spacial score (nSPS) is 17.4. The predicted molar refractivity (Wildman–Crippen MR) is 106 cm³/mol. The highest BCUT2D eigenvalue weighted by molar-refractivity contribution is 5.67. The lowest BCUT2D eigenvalue weighted by molar-refractivity contribution is 0.0518. The maximum atomic E-state index is 11.6. The van der Waals surface area contributed by atoms with Gasteiger partial charge in [-0.3, -0.25) is 0 Å². The molecule has 0 bridgehead atoms. The van der Waals surface area contributed by atoms with Gasteiger partial charge in [0, 0.05) is 6.54 Å². The molecule has 1 aromatic rings. The summed E-state index contributed by atoms with van der Waals surface area (Å²) in [6, 6.07) is 7.57. The van der Waals surface area contributed by atoms with Crippen molar-refractivity contribution in [3.8, 4) is 5.75 Å². The maximum absolute atomic E-state index is 11.6. The Bertz CT molecular complexity index is 592. The third-order valence-corrected chi connectivity index (χ3v) is 4.65. The van der Waals surface area contributed by atoms with Crippen molar-refractivity contribution in [1.82, 2.24) is 10.2 Å². The van der Waals surface area contributed by atoms with Gasteiger partial charge in [0.25, 0.3) is 0 Å². The summed E-state index contributed by atoms with van der Waals surface area (Å²) in [6.45, 7) is 8.76. The molecule has 0 unspecified atom stereocenters. The maximum Gasteiger partial charge on any atom is 0.407 e. The summed E-state index contributed by atoms with van der Waals surface area (Å²) >= 11 is 0. The van der Waals surface area contributed by atoms with Gasteiger partial charge in [-0.2, -0.15) is 0 Å². The Morgan fingerprint density at radius 1 is 1.33 bits per heavy atom. The smallest absolute Gasteiger partial charge is 0.407 e. The lowest BCUT2D eigenvalue weighted by atomic mass is 9.98. The van der Waals surface area contributed by atoms with Crippen molar-refractivity contribution < 1.29 is 19.4 Å². The molecule has 1 aliphatic rings. The summed E-state index contributed by atoms with van der Waals surface area (Å²) in [6.07, 6.45) is 1.61. The number of nitrogens with one attached hydrogen (secondary N) is 1. The number of likely N-dealkylation sites (tertiary alicyclic amines) is 1. The van der Waals surface area contributed by atoms with Crippen LogP contribution in [-0.4, -0.2) is 55.0 Å². The van der Waals surface area contributed by atoms with E-state index in [-0.39, 0.29) is 0 Å². The highest BCUT2D eigenvalue weighted by Crippen LogP contribution is 2.23. The molecule has 1 heterocycles. The first-order valence-electron chi connectivity index (χ1n) is 9.79. The van der Waals surface area contributed by atoms with Crippen LogP contribution in [0.4, 0.5) is 4.79 Å². The Morgan fingerprint density at radius 2 is 2.04 bits per heavy atom. The van der Waals surface area contributed by atoms with E-state index >= 15 is 0 Å². The first-order valence-corrected chi connectivity index (χ1v) is 9.79. The summed E-state index contributed by atoms with van der Waals surface area (Å²) in [5.41, 5.74) is 0.268. The first kappa shape index (κ1) is 21.5. The average Bonchev–Trinajstić information content (AvgIpc) is 2.60. The van der Waals surface area contributed by atoms with E-state index in [2.05, 4.69) is 17.3 Å². The fraction of sp³-hybridized carbons (Fsp3) is 0.667. The van der Waals surface area contributed by atoms with Crippen molar-refractivity contribution >= 4 is 6.09 Å². The van der Waals surface area contributed by atoms with Gasteiger partial charge in [0.05, 0.1) is 12.7 Å². The zero-order chi connectivity index (χ0) is 19.9. The van der Waals surface area contributed by atoms with E-state index < -0.39 is 17.8 Å². The van der Waals surface area contributed by atoms with E-state index in [0.29, 0.717) is 25.5 Å². The van der Waals surface area contributed by atoms with Gasteiger partial charge in [-0.1, -0.05) is 12.1 Å². The number of carbonyl (C=O) groups excluding carboxylic acids is 1. The van der Waals surface area contributed by atoms with E-state index in [0.717, 1.165) is 37.2 Å². The second-order valence-electron chi connectivity index (χ2n) is 8.36. The Kier molecular flexibility index (Phi) is 7.92. The molecular weight excluding hydrogens is 344 g/mol. The van der Waals surface area contributed by atoms with Gasteiger partial charge in [0.2, 0.25) is 0 Å². The van der Waals surface area contributed by atoms with Crippen molar-refractivity contribution in [2.24, 2.45) is 5.92 Å². The Hall–Kier alpha value is -1.79. The average molecular weight is 379 g/mol. The first-order chi connectivity index (χ1) is 12.7. The van der Waals surface area contributed by atoms with Gasteiger partial charge in [-0.15, -0.1) is 0 Å². The largest absolute Gasteiger partial charge is 0.493 e. The van der Waals surface area contributed by atoms with Crippen molar-refractivity contribution in [2.45, 2.75) is 51.7 Å². The van der Waals surface area contributed by atoms with Crippen molar-refractivity contribution in [2.75, 3.05) is 33.3 Å². The number of nitrogens with zero attached hydrogens (tertiary/aromatic N) is 1. The van der Waals surface area contributed by atoms with Gasteiger partial charge in [0.15, 0.2) is 0 Å². The number of benzene rings is 1. The number of hydrogen-bond acceptors (Lipinski definition) is 5. The summed E-state index contributed by atoms with van der Waals surface area (Å²) < 4.78 is 11.1. The van der Waals surface area contributed by atoms with Crippen LogP contribution in [0.1, 0.15) is 51.7 Å². The number of rotatable bonds is 7. The molecule has 1 fully saturated rings. The SMILES string of the molecule is CN1CCC(COc2cccc([C@H](O)CCNC(=O)OC(C)(C)C)c2)CC1. The zero-order valence-electron chi connectivity index (χ0n) is 17.0. The van der Waals surface area contributed by atoms with Crippen molar-refractivity contribution in [3.05, 3.63) is 29.8 Å². The summed E-state index contributed by atoms with van der Waals surface area (Å²) in [5.74, 6) is 1.37. The molecular formula is C21H34N2O4. The Balaban J connectivity index is 1.75. The van der Waals surface area contributed by atoms with Crippen LogP contribution < -0.4 is 10.1 Å². The molecule has 1 aliphatic heterocycles. The second kappa shape index (κ2) is 9.95. The van der Waals surface area contributed by atoms with E-state index in [1.54, 1.807) is 0 Å². The molecule has 0 radical (unpaired) electrons. The minimum absolute atomic E-state index is 0.344. The summed E-state index contributed by atoms with van der Waals surface area (Å²) in [4.78, 5) is 14.0. The molecule has 27 heavy (non-hydrogen) atoms. The molecule has 0 spiro atoms. The zero-order valence-corrected chi connectivity index (χ0v) is 17.0. The highest BCUT2D eigenvalue weighted by atomic mass is 16.6. The summed E-state index contributed by atoms with van der Waals surface area (Å²) in [7, 11) is 2.15. The molecule has 1 saturated heterocycles. The van der Waals surface area contributed by atoms with Crippen LogP contribution in [0.25, 0.3) is 0 Å². The van der Waals surface area contributed by atoms with Gasteiger partial charge in [-0.05, 0) is 83.8 Å². The monoisotopic (exact) mass is 378 g/mol. The van der Waals surface area contributed by atoms with Gasteiger partial charge in [-0.25, -0.2) is 4.79 Å². The number of alkyl carbamates (subject to hydrolysis) is 1. The van der Waals surface area contributed by atoms with Crippen LogP contribution in [0.2, 0.25) is 0 Å². The molecule has 1 atom stereocenters. The van der Waals surface area contributed by atoms with Crippen LogP contribution in [-0.2, 0) is 4.74 Å². The molecule has 0 saturated carbocycles. The van der Waals surface area contributed by atoms with Crippen LogP contribution in [0, 0.1) is 5.92 Å². The van der Waals surface area contributed by atoms with Crippen LogP contribution >= 0.6 is 0 Å². The Morgan fingerprint density at radius 3 is 2.70 bits per heavy atom. The lowest BCUT2D eigenvalue weighted by Gasteiger charge is -2.28. The molecule has 2 N–H and O–H groups in total. The molecule has 1 amide bonds. The molecule has 6 nitrogen and oxygen atoms in total. The molecule has 1 aromatic carbocycles. The van der Waals surface area contributed by atoms with E-state index in [1.807, 2.05) is 45.0 Å². The van der Waals surface area contributed by atoms with Crippen molar-refractivity contribution in [3.63, 3.8) is 0 Å². The number of amides is 1. The molecule has 0 aromatic heterocycles. The Labute approximate surface area is 162 Å². The topological polar surface area (TPSA) is 71.0 Å².